The summed E-state index contributed by atoms with van der Waals surface area (Å²) in [4.78, 5) is 33.0. The van der Waals surface area contributed by atoms with Crippen molar-refractivity contribution in [3.8, 4) is 11.5 Å². The fourth-order valence-electron chi connectivity index (χ4n) is 3.34. The van der Waals surface area contributed by atoms with Crippen molar-refractivity contribution in [1.29, 1.82) is 0 Å². The fourth-order valence-corrected chi connectivity index (χ4v) is 4.31. The lowest BCUT2D eigenvalue weighted by Crippen LogP contribution is -2.44. The van der Waals surface area contributed by atoms with Gasteiger partial charge in [0.25, 0.3) is 5.91 Å². The largest absolute Gasteiger partial charge is 0.465 e. The first-order chi connectivity index (χ1) is 14.5. The van der Waals surface area contributed by atoms with Crippen molar-refractivity contribution in [2.75, 3.05) is 25.5 Å². The fraction of sp³-hybridized carbons (Fsp3) is 0.300. The molecule has 1 aliphatic rings. The molecule has 0 spiro atoms. The van der Waals surface area contributed by atoms with Gasteiger partial charge in [0, 0.05) is 44.5 Å². The SMILES string of the molecule is CNC(=O)c1cc(Oc2ccc3nc(NC4CCCN(C(=O)O)C4)sc3c2)ccn1. The van der Waals surface area contributed by atoms with E-state index in [4.69, 9.17) is 4.74 Å². The van der Waals surface area contributed by atoms with E-state index in [1.807, 2.05) is 18.2 Å². The van der Waals surface area contributed by atoms with Gasteiger partial charge in [-0.1, -0.05) is 11.3 Å². The number of aromatic nitrogens is 2. The van der Waals surface area contributed by atoms with Gasteiger partial charge in [0.15, 0.2) is 5.13 Å². The minimum absolute atomic E-state index is 0.0473. The molecule has 1 fully saturated rings. The number of rotatable bonds is 5. The zero-order valence-corrected chi connectivity index (χ0v) is 17.1. The van der Waals surface area contributed by atoms with Crippen LogP contribution in [-0.2, 0) is 0 Å². The van der Waals surface area contributed by atoms with Crippen LogP contribution in [0.3, 0.4) is 0 Å². The number of likely N-dealkylation sites (tertiary alicyclic amines) is 1. The number of hydrogen-bond acceptors (Lipinski definition) is 7. The molecule has 1 unspecified atom stereocenters. The van der Waals surface area contributed by atoms with Gasteiger partial charge < -0.3 is 25.4 Å². The molecule has 3 aromatic rings. The van der Waals surface area contributed by atoms with E-state index in [1.165, 1.54) is 22.4 Å². The third-order valence-corrected chi connectivity index (χ3v) is 5.76. The normalized spacial score (nSPS) is 16.3. The van der Waals surface area contributed by atoms with E-state index < -0.39 is 6.09 Å². The van der Waals surface area contributed by atoms with Gasteiger partial charge in [-0.05, 0) is 31.0 Å². The third kappa shape index (κ3) is 4.43. The van der Waals surface area contributed by atoms with Crippen LogP contribution >= 0.6 is 11.3 Å². The summed E-state index contributed by atoms with van der Waals surface area (Å²) in [5.41, 5.74) is 1.12. The molecule has 0 bridgehead atoms. The minimum Gasteiger partial charge on any atom is -0.465 e. The predicted octanol–water partition coefficient (Wildman–Crippen LogP) is 3.40. The second-order valence-electron chi connectivity index (χ2n) is 6.92. The number of ether oxygens (including phenoxy) is 1. The zero-order chi connectivity index (χ0) is 21.1. The Morgan fingerprint density at radius 3 is 2.90 bits per heavy atom. The van der Waals surface area contributed by atoms with Crippen LogP contribution in [0, 0.1) is 0 Å². The molecular weight excluding hydrogens is 406 g/mol. The van der Waals surface area contributed by atoms with E-state index in [0.717, 1.165) is 28.2 Å². The number of pyridine rings is 1. The van der Waals surface area contributed by atoms with Crippen LogP contribution in [0.4, 0.5) is 9.93 Å². The quantitative estimate of drug-likeness (QED) is 0.571. The second kappa shape index (κ2) is 8.54. The molecule has 156 valence electrons. The average molecular weight is 427 g/mol. The molecule has 10 heteroatoms. The van der Waals surface area contributed by atoms with Crippen LogP contribution in [0.25, 0.3) is 10.2 Å². The summed E-state index contributed by atoms with van der Waals surface area (Å²) in [6.45, 7) is 1.03. The Kier molecular flexibility index (Phi) is 5.66. The molecule has 1 saturated heterocycles. The van der Waals surface area contributed by atoms with E-state index in [-0.39, 0.29) is 17.6 Å². The summed E-state index contributed by atoms with van der Waals surface area (Å²) in [6.07, 6.45) is 2.38. The molecule has 1 atom stereocenters. The van der Waals surface area contributed by atoms with E-state index in [1.54, 1.807) is 19.2 Å². The third-order valence-electron chi connectivity index (χ3n) is 4.81. The Labute approximate surface area is 176 Å². The van der Waals surface area contributed by atoms with Gasteiger partial charge >= 0.3 is 6.09 Å². The van der Waals surface area contributed by atoms with Gasteiger partial charge in [0.1, 0.15) is 17.2 Å². The van der Waals surface area contributed by atoms with Crippen LogP contribution in [0.1, 0.15) is 23.3 Å². The smallest absolute Gasteiger partial charge is 0.407 e. The van der Waals surface area contributed by atoms with Gasteiger partial charge in [-0.15, -0.1) is 0 Å². The number of fused-ring (bicyclic) bond motifs is 1. The van der Waals surface area contributed by atoms with E-state index in [0.29, 0.717) is 24.6 Å². The Morgan fingerprint density at radius 1 is 1.27 bits per heavy atom. The first-order valence-corrected chi connectivity index (χ1v) is 10.3. The zero-order valence-electron chi connectivity index (χ0n) is 16.3. The Balaban J connectivity index is 1.47. The maximum absolute atomic E-state index is 11.7. The van der Waals surface area contributed by atoms with Crippen molar-refractivity contribution in [3.05, 3.63) is 42.2 Å². The lowest BCUT2D eigenvalue weighted by Gasteiger charge is -2.30. The maximum Gasteiger partial charge on any atom is 0.407 e. The topological polar surface area (TPSA) is 117 Å². The van der Waals surface area contributed by atoms with Crippen molar-refractivity contribution in [1.82, 2.24) is 20.2 Å². The molecule has 3 N–H and O–H groups in total. The molecule has 2 aromatic heterocycles. The monoisotopic (exact) mass is 427 g/mol. The lowest BCUT2D eigenvalue weighted by atomic mass is 10.1. The van der Waals surface area contributed by atoms with Crippen LogP contribution in [-0.4, -0.2) is 58.2 Å². The number of anilines is 1. The van der Waals surface area contributed by atoms with Crippen LogP contribution in [0.2, 0.25) is 0 Å². The van der Waals surface area contributed by atoms with Gasteiger partial charge in [-0.25, -0.2) is 9.78 Å². The summed E-state index contributed by atoms with van der Waals surface area (Å²) in [7, 11) is 1.55. The summed E-state index contributed by atoms with van der Waals surface area (Å²) >= 11 is 1.49. The van der Waals surface area contributed by atoms with Crippen LogP contribution < -0.4 is 15.4 Å². The van der Waals surface area contributed by atoms with Crippen LogP contribution in [0.5, 0.6) is 11.5 Å². The lowest BCUT2D eigenvalue weighted by molar-refractivity contribution is 0.0957. The number of hydrogen-bond donors (Lipinski definition) is 3. The molecule has 4 rings (SSSR count). The first kappa shape index (κ1) is 19.9. The van der Waals surface area contributed by atoms with E-state index in [9.17, 15) is 14.7 Å². The van der Waals surface area contributed by atoms with Crippen LogP contribution in [0.15, 0.2) is 36.5 Å². The van der Waals surface area contributed by atoms with E-state index >= 15 is 0 Å². The number of thiazole rings is 1. The molecule has 3 heterocycles. The molecule has 30 heavy (non-hydrogen) atoms. The predicted molar refractivity (Wildman–Crippen MR) is 114 cm³/mol. The van der Waals surface area contributed by atoms with Gasteiger partial charge in [0.2, 0.25) is 0 Å². The van der Waals surface area contributed by atoms with Gasteiger partial charge in [-0.3, -0.25) is 9.78 Å². The molecular formula is C20H21N5O4S. The number of benzene rings is 1. The molecule has 9 nitrogen and oxygen atoms in total. The molecule has 2 amide bonds. The van der Waals surface area contributed by atoms with Gasteiger partial charge in [-0.2, -0.15) is 0 Å². The second-order valence-corrected chi connectivity index (χ2v) is 7.95. The Morgan fingerprint density at radius 2 is 2.10 bits per heavy atom. The first-order valence-electron chi connectivity index (χ1n) is 9.53. The highest BCUT2D eigenvalue weighted by molar-refractivity contribution is 7.22. The number of nitrogens with one attached hydrogen (secondary N) is 2. The number of carbonyl (C=O) groups excluding carboxylic acids is 1. The number of piperidine rings is 1. The highest BCUT2D eigenvalue weighted by atomic mass is 32.1. The van der Waals surface area contributed by atoms with Crippen molar-refractivity contribution in [3.63, 3.8) is 0 Å². The minimum atomic E-state index is -0.886. The molecule has 1 aromatic carbocycles. The average Bonchev–Trinajstić information content (AvgIpc) is 3.15. The summed E-state index contributed by atoms with van der Waals surface area (Å²) in [5.74, 6) is 0.863. The van der Waals surface area contributed by atoms with Crippen molar-refractivity contribution in [2.45, 2.75) is 18.9 Å². The molecule has 0 saturated carbocycles. The highest BCUT2D eigenvalue weighted by Crippen LogP contribution is 2.32. The number of carbonyl (C=O) groups is 2. The summed E-state index contributed by atoms with van der Waals surface area (Å²) < 4.78 is 6.83. The summed E-state index contributed by atoms with van der Waals surface area (Å²) in [6, 6.07) is 8.90. The number of carboxylic acid groups (broad SMARTS) is 1. The number of amides is 2. The van der Waals surface area contributed by atoms with Crippen molar-refractivity contribution >= 4 is 38.7 Å². The maximum atomic E-state index is 11.7. The summed E-state index contributed by atoms with van der Waals surface area (Å²) in [5, 5.41) is 15.8. The molecule has 0 radical (unpaired) electrons. The number of nitrogens with zero attached hydrogens (tertiary/aromatic N) is 3. The Bertz CT molecular complexity index is 1090. The van der Waals surface area contributed by atoms with E-state index in [2.05, 4.69) is 20.6 Å². The van der Waals surface area contributed by atoms with Crippen molar-refractivity contribution < 1.29 is 19.4 Å². The molecule has 1 aliphatic heterocycles. The molecule has 0 aliphatic carbocycles. The van der Waals surface area contributed by atoms with Crippen molar-refractivity contribution in [2.24, 2.45) is 0 Å². The Hall–Kier alpha value is -3.40. The highest BCUT2D eigenvalue weighted by Gasteiger charge is 2.23. The standard InChI is InChI=1S/C20H21N5O4S/c1-21-18(26)16-9-14(6-7-22-16)29-13-4-5-15-17(10-13)30-19(24-15)23-12-3-2-8-25(11-12)20(27)28/h4-7,9-10,12H,2-3,8,11H2,1H3,(H,21,26)(H,23,24)(H,27,28). The van der Waals surface area contributed by atoms with Gasteiger partial charge in [0.05, 0.1) is 10.2 Å².